The van der Waals surface area contributed by atoms with Gasteiger partial charge in [-0.2, -0.15) is 0 Å². The van der Waals surface area contributed by atoms with Crippen LogP contribution in [-0.2, 0) is 19.1 Å². The zero-order chi connectivity index (χ0) is 63.3. The van der Waals surface area contributed by atoms with Gasteiger partial charge in [0.1, 0.15) is 6.61 Å². The molecule has 0 saturated heterocycles. The smallest absolute Gasteiger partial charge is 0.306 e. The zero-order valence-corrected chi connectivity index (χ0v) is 57.4. The summed E-state index contributed by atoms with van der Waals surface area (Å²) in [5, 5.41) is 9.72. The lowest BCUT2D eigenvalue weighted by Crippen LogP contribution is -2.28. The van der Waals surface area contributed by atoms with Gasteiger partial charge in [0.2, 0.25) is 0 Å². The fourth-order valence-electron chi connectivity index (χ4n) is 10.4. The molecule has 0 spiro atoms. The summed E-state index contributed by atoms with van der Waals surface area (Å²) >= 11 is 0. The van der Waals surface area contributed by atoms with Gasteiger partial charge in [-0.1, -0.05) is 358 Å². The lowest BCUT2D eigenvalue weighted by Gasteiger charge is -2.15. The Labute approximate surface area is 545 Å². The molecule has 5 nitrogen and oxygen atoms in total. The van der Waals surface area contributed by atoms with Crippen LogP contribution in [0.4, 0.5) is 0 Å². The Kier molecular flexibility index (Phi) is 72.9. The van der Waals surface area contributed by atoms with Crippen LogP contribution in [-0.4, -0.2) is 36.4 Å². The molecule has 1 N–H and O–H groups in total. The van der Waals surface area contributed by atoms with Crippen molar-refractivity contribution in [2.45, 2.75) is 341 Å². The lowest BCUT2D eigenvalue weighted by molar-refractivity contribution is -0.161. The van der Waals surface area contributed by atoms with Crippen LogP contribution in [0.1, 0.15) is 335 Å². The average molecular weight is 1220 g/mol. The molecule has 0 saturated carbocycles. The summed E-state index contributed by atoms with van der Waals surface area (Å²) in [6.07, 6.45) is 117. The SMILES string of the molecule is CC/C=C\C/C=C\C/C=C\C/C=C\C/C=C\C/C=C\C/C=C\C/C=C\C/C=C\CCCCCCCCCCCC(=O)OC(CO)COC(=O)CCCCCCCCCCCCCCCCCCCCCCCCCC/C=C\C/C=C\C/C=C\C/C=C\CC. The third kappa shape index (κ3) is 74.0. The van der Waals surface area contributed by atoms with Crippen LogP contribution in [0.15, 0.2) is 158 Å². The maximum atomic E-state index is 12.4. The molecule has 0 amide bonds. The molecule has 88 heavy (non-hydrogen) atoms. The Morgan fingerprint density at radius 1 is 0.261 bits per heavy atom. The molecular weight excluding hydrogens is 1080 g/mol. The van der Waals surface area contributed by atoms with Crippen LogP contribution in [0.3, 0.4) is 0 Å². The average Bonchev–Trinajstić information content (AvgIpc) is 3.55. The number of aliphatic hydroxyl groups is 1. The molecule has 0 aliphatic carbocycles. The van der Waals surface area contributed by atoms with Gasteiger partial charge in [-0.15, -0.1) is 0 Å². The normalized spacial score (nSPS) is 13.2. The topological polar surface area (TPSA) is 72.8 Å². The lowest BCUT2D eigenvalue weighted by atomic mass is 10.0. The van der Waals surface area contributed by atoms with Gasteiger partial charge in [-0.3, -0.25) is 9.59 Å². The number of ether oxygens (including phenoxy) is 2. The standard InChI is InChI=1S/C83H138O5/c1-3-5-7-9-11-13-15-17-19-21-23-25-27-29-31-33-35-37-39-41-43-45-47-49-51-53-55-57-59-61-63-65-67-69-71-73-75-77-82(85)87-80-81(79-84)88-83(86)78-76-74-72-70-68-66-64-62-60-58-56-54-52-50-48-46-44-42-40-38-36-34-32-30-28-26-24-22-20-18-16-14-12-10-8-6-4-2/h5-8,11-14,17-20,23-26,30,32,36,38,42,44,48,50,54,56,81,84H,3-4,9-10,15-16,21-22,27-29,31,33-35,37,39-41,43,45-47,49,51-53,55,57-80H2,1-2H3/b7-5-,8-6-,13-11-,14-12-,19-17-,20-18-,25-23-,26-24-,32-30-,38-36-,44-42-,50-48-,56-54-. The van der Waals surface area contributed by atoms with E-state index in [4.69, 9.17) is 9.47 Å². The number of carbonyl (C=O) groups excluding carboxylic acids is 2. The summed E-state index contributed by atoms with van der Waals surface area (Å²) in [5.74, 6) is -0.592. The highest BCUT2D eigenvalue weighted by atomic mass is 16.6. The number of aliphatic hydroxyl groups excluding tert-OH is 1. The van der Waals surface area contributed by atoms with E-state index in [-0.39, 0.29) is 25.2 Å². The van der Waals surface area contributed by atoms with E-state index in [0.717, 1.165) is 128 Å². The Bertz CT molecular complexity index is 1860. The first kappa shape index (κ1) is 83.5. The zero-order valence-electron chi connectivity index (χ0n) is 57.4. The molecule has 0 heterocycles. The van der Waals surface area contributed by atoms with E-state index >= 15 is 0 Å². The first-order chi connectivity index (χ1) is 43.6. The molecule has 1 unspecified atom stereocenters. The molecule has 0 aliphatic heterocycles. The van der Waals surface area contributed by atoms with Gasteiger partial charge >= 0.3 is 11.9 Å². The fraction of sp³-hybridized carbons (Fsp3) is 0.663. The van der Waals surface area contributed by atoms with Crippen molar-refractivity contribution < 1.29 is 24.2 Å². The highest BCUT2D eigenvalue weighted by molar-refractivity contribution is 5.70. The number of unbranched alkanes of at least 4 members (excludes halogenated alkanes) is 33. The van der Waals surface area contributed by atoms with Gasteiger partial charge in [0.15, 0.2) is 6.10 Å². The number of carbonyl (C=O) groups is 2. The van der Waals surface area contributed by atoms with E-state index < -0.39 is 6.10 Å². The van der Waals surface area contributed by atoms with Gasteiger partial charge < -0.3 is 14.6 Å². The van der Waals surface area contributed by atoms with E-state index in [1.807, 2.05) is 0 Å². The van der Waals surface area contributed by atoms with Gasteiger partial charge in [0.05, 0.1) is 6.61 Å². The van der Waals surface area contributed by atoms with E-state index in [1.165, 1.54) is 180 Å². The predicted molar refractivity (Wildman–Crippen MR) is 389 cm³/mol. The Morgan fingerprint density at radius 2 is 0.455 bits per heavy atom. The van der Waals surface area contributed by atoms with Crippen LogP contribution in [0.2, 0.25) is 0 Å². The van der Waals surface area contributed by atoms with Crippen LogP contribution >= 0.6 is 0 Å². The van der Waals surface area contributed by atoms with Crippen molar-refractivity contribution >= 4 is 11.9 Å². The summed E-state index contributed by atoms with van der Waals surface area (Å²) < 4.78 is 10.8. The molecule has 0 aromatic carbocycles. The molecule has 5 heteroatoms. The van der Waals surface area contributed by atoms with E-state index in [2.05, 4.69) is 172 Å². The minimum Gasteiger partial charge on any atom is -0.462 e. The van der Waals surface area contributed by atoms with Gasteiger partial charge in [-0.25, -0.2) is 0 Å². The number of hydrogen-bond donors (Lipinski definition) is 1. The van der Waals surface area contributed by atoms with Crippen LogP contribution < -0.4 is 0 Å². The molecule has 0 rings (SSSR count). The van der Waals surface area contributed by atoms with Crippen molar-refractivity contribution in [1.82, 2.24) is 0 Å². The quantitative estimate of drug-likeness (QED) is 0.0373. The Morgan fingerprint density at radius 3 is 0.682 bits per heavy atom. The number of rotatable bonds is 67. The summed E-state index contributed by atoms with van der Waals surface area (Å²) in [6, 6.07) is 0. The van der Waals surface area contributed by atoms with Crippen molar-refractivity contribution in [3.63, 3.8) is 0 Å². The van der Waals surface area contributed by atoms with Crippen molar-refractivity contribution in [3.8, 4) is 0 Å². The van der Waals surface area contributed by atoms with Gasteiger partial charge in [-0.05, 0) is 122 Å². The van der Waals surface area contributed by atoms with E-state index in [9.17, 15) is 14.7 Å². The van der Waals surface area contributed by atoms with Crippen molar-refractivity contribution in [2.24, 2.45) is 0 Å². The molecule has 500 valence electrons. The molecule has 0 aliphatic rings. The number of allylic oxidation sites excluding steroid dienone is 26. The molecule has 0 aromatic heterocycles. The highest BCUT2D eigenvalue weighted by Crippen LogP contribution is 2.18. The molecular formula is C83H138O5. The summed E-state index contributed by atoms with van der Waals surface area (Å²) in [6.45, 7) is 3.93. The van der Waals surface area contributed by atoms with Crippen LogP contribution in [0.5, 0.6) is 0 Å². The van der Waals surface area contributed by atoms with Gasteiger partial charge in [0, 0.05) is 12.8 Å². The molecule has 1 atom stereocenters. The second-order valence-electron chi connectivity index (χ2n) is 24.3. The third-order valence-corrected chi connectivity index (χ3v) is 15.8. The largest absolute Gasteiger partial charge is 0.462 e. The minimum atomic E-state index is -0.785. The summed E-state index contributed by atoms with van der Waals surface area (Å²) in [4.78, 5) is 24.7. The maximum Gasteiger partial charge on any atom is 0.306 e. The summed E-state index contributed by atoms with van der Waals surface area (Å²) in [7, 11) is 0. The molecule has 0 bridgehead atoms. The van der Waals surface area contributed by atoms with Crippen LogP contribution in [0, 0.1) is 0 Å². The molecule has 0 aromatic rings. The highest BCUT2D eigenvalue weighted by Gasteiger charge is 2.16. The van der Waals surface area contributed by atoms with Crippen LogP contribution in [0.25, 0.3) is 0 Å². The Balaban J connectivity index is 3.50. The van der Waals surface area contributed by atoms with Gasteiger partial charge in [0.25, 0.3) is 0 Å². The summed E-state index contributed by atoms with van der Waals surface area (Å²) in [5.41, 5.74) is 0. The first-order valence-electron chi connectivity index (χ1n) is 37.0. The maximum absolute atomic E-state index is 12.4. The first-order valence-corrected chi connectivity index (χ1v) is 37.0. The second-order valence-corrected chi connectivity index (χ2v) is 24.3. The molecule has 0 radical (unpaired) electrons. The monoisotopic (exact) mass is 1220 g/mol. The van der Waals surface area contributed by atoms with Crippen molar-refractivity contribution in [2.75, 3.05) is 13.2 Å². The van der Waals surface area contributed by atoms with Crippen molar-refractivity contribution in [1.29, 1.82) is 0 Å². The minimum absolute atomic E-state index is 0.0726. The Hall–Kier alpha value is -4.48. The second kappa shape index (κ2) is 76.8. The third-order valence-electron chi connectivity index (χ3n) is 15.8. The van der Waals surface area contributed by atoms with E-state index in [1.54, 1.807) is 0 Å². The van der Waals surface area contributed by atoms with Crippen molar-refractivity contribution in [3.05, 3.63) is 158 Å². The predicted octanol–water partition coefficient (Wildman–Crippen LogP) is 26.2. The number of hydrogen-bond acceptors (Lipinski definition) is 5. The molecule has 0 fully saturated rings. The number of esters is 2. The van der Waals surface area contributed by atoms with E-state index in [0.29, 0.717) is 12.8 Å². The fourth-order valence-corrected chi connectivity index (χ4v) is 10.4.